The van der Waals surface area contributed by atoms with Crippen LogP contribution in [-0.2, 0) is 4.79 Å². The maximum absolute atomic E-state index is 12.4. The fourth-order valence-corrected chi connectivity index (χ4v) is 1.46. The van der Waals surface area contributed by atoms with Crippen LogP contribution in [0.3, 0.4) is 0 Å². The third-order valence-corrected chi connectivity index (χ3v) is 2.28. The second-order valence-electron chi connectivity index (χ2n) is 2.33. The number of rotatable bonds is 5. The number of halogens is 2. The minimum Gasteiger partial charge on any atom is -0.476 e. The van der Waals surface area contributed by atoms with Crippen molar-refractivity contribution in [3.8, 4) is 0 Å². The van der Waals surface area contributed by atoms with E-state index in [1.54, 1.807) is 0 Å². The zero-order chi connectivity index (χ0) is 9.78. The second-order valence-corrected chi connectivity index (χ2v) is 3.88. The first-order valence-corrected chi connectivity index (χ1v) is 4.27. The van der Waals surface area contributed by atoms with E-state index in [9.17, 15) is 13.6 Å². The summed E-state index contributed by atoms with van der Waals surface area (Å²) in [7, 11) is 0. The van der Waals surface area contributed by atoms with Crippen molar-refractivity contribution < 1.29 is 18.7 Å². The van der Waals surface area contributed by atoms with Gasteiger partial charge in [0.05, 0.1) is 0 Å². The Morgan fingerprint density at radius 3 is 2.58 bits per heavy atom. The minimum atomic E-state index is -3.70. The number of hydrogen-bond acceptors (Lipinski definition) is 3. The molecule has 6 heteroatoms. The number of carboxylic acids is 1. The summed E-state index contributed by atoms with van der Waals surface area (Å²) in [5.74, 6) is -2.10. The van der Waals surface area contributed by atoms with E-state index in [0.717, 1.165) is 0 Å². The highest BCUT2D eigenvalue weighted by Gasteiger charge is 2.40. The Morgan fingerprint density at radius 1 is 1.75 bits per heavy atom. The molecule has 1 unspecified atom stereocenters. The molecule has 0 heterocycles. The Morgan fingerprint density at radius 2 is 2.25 bits per heavy atom. The Balaban J connectivity index is 3.96. The molecule has 12 heavy (non-hydrogen) atoms. The van der Waals surface area contributed by atoms with Gasteiger partial charge in [-0.25, -0.2) is 4.79 Å². The van der Waals surface area contributed by atoms with Gasteiger partial charge in [0.2, 0.25) is 0 Å². The molecule has 0 aliphatic carbocycles. The lowest BCUT2D eigenvalue weighted by atomic mass is 10.3. The van der Waals surface area contributed by atoms with Gasteiger partial charge in [-0.15, -0.1) is 0 Å². The topological polar surface area (TPSA) is 63.3 Å². The van der Waals surface area contributed by atoms with Crippen molar-refractivity contribution in [1.29, 1.82) is 0 Å². The lowest BCUT2D eigenvalue weighted by molar-refractivity contribution is -0.152. The van der Waals surface area contributed by atoms with E-state index >= 15 is 0 Å². The lowest BCUT2D eigenvalue weighted by Gasteiger charge is -2.15. The Kier molecular flexibility index (Phi) is 4.47. The van der Waals surface area contributed by atoms with Gasteiger partial charge < -0.3 is 10.8 Å². The van der Waals surface area contributed by atoms with Gasteiger partial charge in [-0.3, -0.25) is 0 Å². The molecule has 0 amide bonds. The first kappa shape index (κ1) is 11.6. The molecular weight excluding hydrogens is 188 g/mol. The minimum absolute atomic E-state index is 0.122. The normalized spacial score (nSPS) is 14.3. The molecule has 0 saturated carbocycles. The van der Waals surface area contributed by atoms with Crippen LogP contribution >= 0.6 is 11.8 Å². The van der Waals surface area contributed by atoms with Crippen LogP contribution in [0.2, 0.25) is 0 Å². The summed E-state index contributed by atoms with van der Waals surface area (Å²) in [6.45, 7) is 1.80. The zero-order valence-electron chi connectivity index (χ0n) is 6.59. The second kappa shape index (κ2) is 4.61. The fraction of sp³-hybridized carbons (Fsp3) is 0.833. The summed E-state index contributed by atoms with van der Waals surface area (Å²) < 4.78 is 24.9. The molecule has 3 nitrogen and oxygen atoms in total. The van der Waals surface area contributed by atoms with Gasteiger partial charge >= 0.3 is 11.2 Å². The van der Waals surface area contributed by atoms with E-state index in [4.69, 9.17) is 10.8 Å². The van der Waals surface area contributed by atoms with Gasteiger partial charge in [0, 0.05) is 5.25 Å². The number of carboxylic acid groups (broad SMARTS) is 1. The molecule has 0 aromatic heterocycles. The van der Waals surface area contributed by atoms with Gasteiger partial charge in [-0.05, 0) is 13.0 Å². The molecule has 0 saturated heterocycles. The first-order valence-electron chi connectivity index (χ1n) is 3.39. The third-order valence-electron chi connectivity index (χ3n) is 1.17. The molecule has 0 radical (unpaired) electrons. The Labute approximate surface area is 73.3 Å². The fourth-order valence-electron chi connectivity index (χ4n) is 0.597. The molecule has 0 fully saturated rings. The maximum Gasteiger partial charge on any atom is 0.389 e. The molecule has 0 spiro atoms. The van der Waals surface area contributed by atoms with Crippen LogP contribution in [0.25, 0.3) is 0 Å². The van der Waals surface area contributed by atoms with Crippen LogP contribution in [0.4, 0.5) is 8.78 Å². The summed E-state index contributed by atoms with van der Waals surface area (Å²) in [5.41, 5.74) is 5.12. The van der Waals surface area contributed by atoms with Gasteiger partial charge in [-0.2, -0.15) is 8.78 Å². The molecule has 0 aliphatic rings. The van der Waals surface area contributed by atoms with Crippen molar-refractivity contribution >= 4 is 17.7 Å². The van der Waals surface area contributed by atoms with E-state index < -0.39 is 16.5 Å². The summed E-state index contributed by atoms with van der Waals surface area (Å²) in [4.78, 5) is 9.96. The molecule has 1 atom stereocenters. The number of carbonyl (C=O) groups is 1. The van der Waals surface area contributed by atoms with Gasteiger partial charge in [0.1, 0.15) is 0 Å². The summed E-state index contributed by atoms with van der Waals surface area (Å²) in [6, 6.07) is 0. The predicted molar refractivity (Wildman–Crippen MR) is 43.3 cm³/mol. The molecule has 0 bridgehead atoms. The smallest absolute Gasteiger partial charge is 0.389 e. The molecule has 0 aromatic rings. The van der Waals surface area contributed by atoms with Crippen LogP contribution in [0.1, 0.15) is 13.3 Å². The highest BCUT2D eigenvalue weighted by molar-refractivity contribution is 8.01. The van der Waals surface area contributed by atoms with Gasteiger partial charge in [-0.1, -0.05) is 18.7 Å². The van der Waals surface area contributed by atoms with Crippen molar-refractivity contribution in [1.82, 2.24) is 0 Å². The Hall–Kier alpha value is -0.360. The average Bonchev–Trinajstić information content (AvgIpc) is 1.85. The number of hydrogen-bond donors (Lipinski definition) is 2. The standard InChI is InChI=1S/C6H11F2NO2S/c1-4(2-3-9)12-6(7,8)5(10)11/h4H,2-3,9H2,1H3,(H,10,11). The van der Waals surface area contributed by atoms with Crippen LogP contribution < -0.4 is 5.73 Å². The van der Waals surface area contributed by atoms with Crippen LogP contribution in [0.15, 0.2) is 0 Å². The van der Waals surface area contributed by atoms with E-state index in [1.165, 1.54) is 6.92 Å². The van der Waals surface area contributed by atoms with Crippen molar-refractivity contribution in [2.75, 3.05) is 6.54 Å². The van der Waals surface area contributed by atoms with Crippen molar-refractivity contribution in [2.24, 2.45) is 5.73 Å². The monoisotopic (exact) mass is 199 g/mol. The summed E-state index contributed by atoms with van der Waals surface area (Å²) in [5, 5.41) is 3.91. The number of thioether (sulfide) groups is 1. The highest BCUT2D eigenvalue weighted by atomic mass is 32.2. The molecule has 0 aromatic carbocycles. The van der Waals surface area contributed by atoms with Crippen LogP contribution in [0, 0.1) is 0 Å². The quantitative estimate of drug-likeness (QED) is 0.696. The van der Waals surface area contributed by atoms with E-state index in [2.05, 4.69) is 0 Å². The van der Waals surface area contributed by atoms with Crippen molar-refractivity contribution in [2.45, 2.75) is 23.8 Å². The van der Waals surface area contributed by atoms with E-state index in [0.29, 0.717) is 6.42 Å². The van der Waals surface area contributed by atoms with Crippen LogP contribution in [-0.4, -0.2) is 28.1 Å². The van der Waals surface area contributed by atoms with Gasteiger partial charge in [0.15, 0.2) is 0 Å². The lowest BCUT2D eigenvalue weighted by Crippen LogP contribution is -2.27. The van der Waals surface area contributed by atoms with E-state index in [-0.39, 0.29) is 18.3 Å². The van der Waals surface area contributed by atoms with Gasteiger partial charge in [0.25, 0.3) is 0 Å². The Bertz CT molecular complexity index is 166. The number of nitrogens with two attached hydrogens (primary N) is 1. The SMILES string of the molecule is CC(CCN)SC(F)(F)C(=O)O. The van der Waals surface area contributed by atoms with Crippen LogP contribution in [0.5, 0.6) is 0 Å². The largest absolute Gasteiger partial charge is 0.476 e. The average molecular weight is 199 g/mol. The predicted octanol–water partition coefficient (Wildman–Crippen LogP) is 1.13. The highest BCUT2D eigenvalue weighted by Crippen LogP contribution is 2.33. The number of alkyl halides is 2. The third kappa shape index (κ3) is 3.87. The molecule has 0 aliphatic heterocycles. The maximum atomic E-state index is 12.4. The molecular formula is C6H11F2NO2S. The number of aliphatic carboxylic acids is 1. The molecule has 0 rings (SSSR count). The zero-order valence-corrected chi connectivity index (χ0v) is 7.41. The van der Waals surface area contributed by atoms with Crippen molar-refractivity contribution in [3.05, 3.63) is 0 Å². The van der Waals surface area contributed by atoms with Crippen molar-refractivity contribution in [3.63, 3.8) is 0 Å². The van der Waals surface area contributed by atoms with E-state index in [1.807, 2.05) is 0 Å². The molecule has 72 valence electrons. The summed E-state index contributed by atoms with van der Waals surface area (Å²) in [6.07, 6.45) is 0.382. The first-order chi connectivity index (χ1) is 5.40. The molecule has 3 N–H and O–H groups in total. The summed E-state index contributed by atoms with van der Waals surface area (Å²) >= 11 is 0.122.